The summed E-state index contributed by atoms with van der Waals surface area (Å²) in [5.41, 5.74) is 13.8. The molecular formula is C15H16N4OS. The van der Waals surface area contributed by atoms with E-state index in [1.807, 2.05) is 18.2 Å². The summed E-state index contributed by atoms with van der Waals surface area (Å²) >= 11 is 1.11. The lowest BCUT2D eigenvalue weighted by Gasteiger charge is -2.05. The summed E-state index contributed by atoms with van der Waals surface area (Å²) < 4.78 is 0. The Kier molecular flexibility index (Phi) is 4.45. The zero-order valence-electron chi connectivity index (χ0n) is 11.6. The van der Waals surface area contributed by atoms with Gasteiger partial charge in [0.15, 0.2) is 0 Å². The number of nitrogens with two attached hydrogens (primary N) is 2. The van der Waals surface area contributed by atoms with E-state index in [1.165, 1.54) is 5.56 Å². The predicted octanol–water partition coefficient (Wildman–Crippen LogP) is 2.48. The lowest BCUT2D eigenvalue weighted by molar-refractivity contribution is 0.100. The molecule has 1 heterocycles. The Labute approximate surface area is 127 Å². The summed E-state index contributed by atoms with van der Waals surface area (Å²) in [5, 5.41) is 12.9. The van der Waals surface area contributed by atoms with E-state index < -0.39 is 5.91 Å². The lowest BCUT2D eigenvalue weighted by Crippen LogP contribution is -2.10. The number of nitrogens with zero attached hydrogens (tertiary/aromatic N) is 1. The molecule has 2 aromatic rings. The first-order valence-corrected chi connectivity index (χ1v) is 7.32. The van der Waals surface area contributed by atoms with Gasteiger partial charge in [-0.2, -0.15) is 5.26 Å². The van der Waals surface area contributed by atoms with Crippen molar-refractivity contribution in [3.63, 3.8) is 0 Å². The second kappa shape index (κ2) is 6.29. The van der Waals surface area contributed by atoms with Gasteiger partial charge in [0.25, 0.3) is 5.91 Å². The van der Waals surface area contributed by atoms with Crippen LogP contribution >= 0.6 is 11.3 Å². The summed E-state index contributed by atoms with van der Waals surface area (Å²) in [6, 6.07) is 10.2. The van der Waals surface area contributed by atoms with Gasteiger partial charge in [-0.05, 0) is 17.5 Å². The van der Waals surface area contributed by atoms with Crippen LogP contribution < -0.4 is 16.8 Å². The number of nitrogens with one attached hydrogen (secondary N) is 1. The molecule has 2 rings (SSSR count). The van der Waals surface area contributed by atoms with E-state index in [-0.39, 0.29) is 16.1 Å². The number of carbonyl (C=O) groups excluding carboxylic acids is 1. The fourth-order valence-corrected chi connectivity index (χ4v) is 2.86. The van der Waals surface area contributed by atoms with Crippen molar-refractivity contribution in [1.29, 1.82) is 5.26 Å². The molecule has 1 aromatic carbocycles. The molecule has 1 amide bonds. The average molecular weight is 300 g/mol. The Morgan fingerprint density at radius 1 is 1.33 bits per heavy atom. The van der Waals surface area contributed by atoms with Gasteiger partial charge in [0, 0.05) is 6.54 Å². The van der Waals surface area contributed by atoms with Gasteiger partial charge in [-0.15, -0.1) is 11.3 Å². The largest absolute Gasteiger partial charge is 0.396 e. The van der Waals surface area contributed by atoms with Gasteiger partial charge in [0.2, 0.25) is 0 Å². The summed E-state index contributed by atoms with van der Waals surface area (Å²) in [5.74, 6) is -0.616. The Balaban J connectivity index is 2.17. The fraction of sp³-hybridized carbons (Fsp3) is 0.200. The van der Waals surface area contributed by atoms with Crippen molar-refractivity contribution >= 4 is 27.9 Å². The van der Waals surface area contributed by atoms with Crippen LogP contribution in [0.4, 0.5) is 10.7 Å². The van der Waals surface area contributed by atoms with E-state index in [4.69, 9.17) is 16.7 Å². The SMILES string of the molecule is CCc1ccc(CNc2sc(C(N)=O)c(N)c2C#N)cc1. The third-order valence-electron chi connectivity index (χ3n) is 3.17. The number of rotatable bonds is 5. The lowest BCUT2D eigenvalue weighted by atomic mass is 10.1. The van der Waals surface area contributed by atoms with Gasteiger partial charge < -0.3 is 16.8 Å². The molecule has 0 aliphatic rings. The van der Waals surface area contributed by atoms with Crippen LogP contribution in [0.15, 0.2) is 24.3 Å². The van der Waals surface area contributed by atoms with Gasteiger partial charge in [0.05, 0.1) is 5.69 Å². The number of primary amides is 1. The van der Waals surface area contributed by atoms with Crippen LogP contribution in [-0.2, 0) is 13.0 Å². The van der Waals surface area contributed by atoms with Crippen LogP contribution in [0.3, 0.4) is 0 Å². The highest BCUT2D eigenvalue weighted by Gasteiger charge is 2.18. The Morgan fingerprint density at radius 2 is 1.95 bits per heavy atom. The maximum absolute atomic E-state index is 11.3. The highest BCUT2D eigenvalue weighted by Crippen LogP contribution is 2.35. The molecule has 0 saturated carbocycles. The van der Waals surface area contributed by atoms with Crippen molar-refractivity contribution in [3.05, 3.63) is 45.8 Å². The molecule has 0 saturated heterocycles. The smallest absolute Gasteiger partial charge is 0.261 e. The van der Waals surface area contributed by atoms with Crippen molar-refractivity contribution in [2.75, 3.05) is 11.1 Å². The second-order valence-electron chi connectivity index (χ2n) is 4.55. The van der Waals surface area contributed by atoms with Crippen molar-refractivity contribution < 1.29 is 4.79 Å². The highest BCUT2D eigenvalue weighted by atomic mass is 32.1. The minimum absolute atomic E-state index is 0.152. The van der Waals surface area contributed by atoms with Gasteiger partial charge in [0.1, 0.15) is 21.5 Å². The van der Waals surface area contributed by atoms with Crippen LogP contribution in [0.5, 0.6) is 0 Å². The van der Waals surface area contributed by atoms with Crippen molar-refractivity contribution in [2.24, 2.45) is 5.73 Å². The number of hydrogen-bond acceptors (Lipinski definition) is 5. The number of thiophene rings is 1. The van der Waals surface area contributed by atoms with E-state index in [0.717, 1.165) is 23.3 Å². The Hall–Kier alpha value is -2.52. The highest BCUT2D eigenvalue weighted by molar-refractivity contribution is 7.18. The minimum Gasteiger partial charge on any atom is -0.396 e. The molecule has 1 aromatic heterocycles. The second-order valence-corrected chi connectivity index (χ2v) is 5.57. The van der Waals surface area contributed by atoms with E-state index in [2.05, 4.69) is 24.4 Å². The van der Waals surface area contributed by atoms with Crippen LogP contribution in [0, 0.1) is 11.3 Å². The van der Waals surface area contributed by atoms with E-state index in [0.29, 0.717) is 11.5 Å². The number of nitriles is 1. The standard InChI is InChI=1S/C15H16N4OS/c1-2-9-3-5-10(6-4-9)8-19-15-11(7-16)12(17)13(21-15)14(18)20/h3-6,19H,2,8,17H2,1H3,(H2,18,20). The Morgan fingerprint density at radius 3 is 2.48 bits per heavy atom. The molecule has 5 nitrogen and oxygen atoms in total. The first kappa shape index (κ1) is 14.9. The van der Waals surface area contributed by atoms with Gasteiger partial charge in [-0.3, -0.25) is 4.79 Å². The van der Waals surface area contributed by atoms with Crippen molar-refractivity contribution in [2.45, 2.75) is 19.9 Å². The monoisotopic (exact) mass is 300 g/mol. The van der Waals surface area contributed by atoms with Crippen LogP contribution in [-0.4, -0.2) is 5.91 Å². The Bertz CT molecular complexity index is 698. The molecule has 0 aliphatic heterocycles. The van der Waals surface area contributed by atoms with E-state index in [1.54, 1.807) is 0 Å². The van der Waals surface area contributed by atoms with Crippen molar-refractivity contribution in [3.8, 4) is 6.07 Å². The molecule has 5 N–H and O–H groups in total. The molecule has 0 spiro atoms. The van der Waals surface area contributed by atoms with Gasteiger partial charge in [-0.1, -0.05) is 31.2 Å². The van der Waals surface area contributed by atoms with Crippen molar-refractivity contribution in [1.82, 2.24) is 0 Å². The maximum Gasteiger partial charge on any atom is 0.261 e. The number of amides is 1. The number of carbonyl (C=O) groups is 1. The molecule has 0 unspecified atom stereocenters. The molecule has 0 atom stereocenters. The first-order chi connectivity index (χ1) is 10.1. The van der Waals surface area contributed by atoms with Crippen LogP contribution in [0.25, 0.3) is 0 Å². The summed E-state index contributed by atoms with van der Waals surface area (Å²) in [6.45, 7) is 2.66. The summed E-state index contributed by atoms with van der Waals surface area (Å²) in [7, 11) is 0. The maximum atomic E-state index is 11.3. The first-order valence-electron chi connectivity index (χ1n) is 6.50. The summed E-state index contributed by atoms with van der Waals surface area (Å²) in [4.78, 5) is 11.5. The third kappa shape index (κ3) is 3.15. The number of aryl methyl sites for hydroxylation is 1. The number of hydrogen-bond donors (Lipinski definition) is 3. The number of nitrogen functional groups attached to an aromatic ring is 1. The zero-order valence-corrected chi connectivity index (χ0v) is 12.5. The quantitative estimate of drug-likeness (QED) is 0.788. The molecule has 0 aliphatic carbocycles. The molecular weight excluding hydrogens is 284 g/mol. The minimum atomic E-state index is -0.616. The molecule has 0 radical (unpaired) electrons. The van der Waals surface area contributed by atoms with Gasteiger partial charge in [-0.25, -0.2) is 0 Å². The number of benzene rings is 1. The zero-order chi connectivity index (χ0) is 15.4. The van der Waals surface area contributed by atoms with Crippen LogP contribution in [0.1, 0.15) is 33.3 Å². The fourth-order valence-electron chi connectivity index (χ4n) is 1.94. The third-order valence-corrected chi connectivity index (χ3v) is 4.34. The van der Waals surface area contributed by atoms with E-state index in [9.17, 15) is 4.79 Å². The molecule has 0 bridgehead atoms. The molecule has 0 fully saturated rings. The average Bonchev–Trinajstić information content (AvgIpc) is 2.81. The van der Waals surface area contributed by atoms with Gasteiger partial charge >= 0.3 is 0 Å². The summed E-state index contributed by atoms with van der Waals surface area (Å²) in [6.07, 6.45) is 0.996. The molecule has 6 heteroatoms. The molecule has 21 heavy (non-hydrogen) atoms. The molecule has 108 valence electrons. The predicted molar refractivity (Wildman–Crippen MR) is 85.1 cm³/mol. The normalized spacial score (nSPS) is 10.1. The topological polar surface area (TPSA) is 105 Å². The van der Waals surface area contributed by atoms with Crippen LogP contribution in [0.2, 0.25) is 0 Å². The van der Waals surface area contributed by atoms with E-state index >= 15 is 0 Å². The number of anilines is 2.